The second-order valence-electron chi connectivity index (χ2n) is 8.91. The maximum Gasteiger partial charge on any atom is 0.257 e. The number of benzene rings is 1. The molecule has 1 aromatic carbocycles. The van der Waals surface area contributed by atoms with E-state index in [2.05, 4.69) is 32.7 Å². The summed E-state index contributed by atoms with van der Waals surface area (Å²) in [6.07, 6.45) is 3.84. The summed E-state index contributed by atoms with van der Waals surface area (Å²) < 4.78 is 1.84. The van der Waals surface area contributed by atoms with Crippen LogP contribution in [0.5, 0.6) is 0 Å². The van der Waals surface area contributed by atoms with E-state index in [1.165, 1.54) is 0 Å². The van der Waals surface area contributed by atoms with Crippen LogP contribution in [0.4, 0.5) is 0 Å². The lowest BCUT2D eigenvalue weighted by atomic mass is 9.93. The molecule has 0 spiro atoms. The summed E-state index contributed by atoms with van der Waals surface area (Å²) in [4.78, 5) is 19.9. The van der Waals surface area contributed by atoms with E-state index in [1.807, 2.05) is 45.8 Å². The molecule has 1 fully saturated rings. The topological polar surface area (TPSA) is 50.5 Å². The SMILES string of the molecule is CC1CCN(C(=O)c2cnc3cc(C(C)(C)C)nn3c2-c2ccccc2)CC1. The lowest BCUT2D eigenvalue weighted by Crippen LogP contribution is -2.38. The summed E-state index contributed by atoms with van der Waals surface area (Å²) in [5.74, 6) is 0.728. The lowest BCUT2D eigenvalue weighted by Gasteiger charge is -2.30. The van der Waals surface area contributed by atoms with Crippen molar-refractivity contribution >= 4 is 11.6 Å². The van der Waals surface area contributed by atoms with Crippen LogP contribution in [0.15, 0.2) is 42.6 Å². The van der Waals surface area contributed by atoms with Gasteiger partial charge in [0.25, 0.3) is 5.91 Å². The van der Waals surface area contributed by atoms with Crippen molar-refractivity contribution in [1.82, 2.24) is 19.5 Å². The molecule has 0 N–H and O–H groups in total. The Morgan fingerprint density at radius 2 is 1.79 bits per heavy atom. The van der Waals surface area contributed by atoms with Gasteiger partial charge in [0.15, 0.2) is 5.65 Å². The molecule has 3 heterocycles. The van der Waals surface area contributed by atoms with Gasteiger partial charge in [0.2, 0.25) is 0 Å². The Labute approximate surface area is 166 Å². The minimum atomic E-state index is -0.0885. The summed E-state index contributed by atoms with van der Waals surface area (Å²) in [6, 6.07) is 12.0. The van der Waals surface area contributed by atoms with Crippen LogP contribution in [0, 0.1) is 5.92 Å². The van der Waals surface area contributed by atoms with E-state index < -0.39 is 0 Å². The molecule has 0 saturated carbocycles. The molecule has 146 valence electrons. The molecular formula is C23H28N4O. The largest absolute Gasteiger partial charge is 0.339 e. The molecular weight excluding hydrogens is 348 g/mol. The third-order valence-electron chi connectivity index (χ3n) is 5.60. The molecule has 0 bridgehead atoms. The number of fused-ring (bicyclic) bond motifs is 1. The molecule has 5 heteroatoms. The average Bonchev–Trinajstić information content (AvgIpc) is 3.13. The summed E-state index contributed by atoms with van der Waals surface area (Å²) in [5, 5.41) is 4.84. The van der Waals surface area contributed by atoms with E-state index in [-0.39, 0.29) is 11.3 Å². The molecule has 0 radical (unpaired) electrons. The van der Waals surface area contributed by atoms with E-state index in [1.54, 1.807) is 6.20 Å². The highest BCUT2D eigenvalue weighted by Gasteiger charge is 2.27. The van der Waals surface area contributed by atoms with Crippen LogP contribution < -0.4 is 0 Å². The number of piperidine rings is 1. The van der Waals surface area contributed by atoms with Gasteiger partial charge in [-0.3, -0.25) is 4.79 Å². The first-order chi connectivity index (χ1) is 13.3. The van der Waals surface area contributed by atoms with Gasteiger partial charge < -0.3 is 4.90 Å². The third kappa shape index (κ3) is 3.41. The predicted molar refractivity (Wildman–Crippen MR) is 111 cm³/mol. The zero-order valence-corrected chi connectivity index (χ0v) is 17.1. The molecule has 28 heavy (non-hydrogen) atoms. The lowest BCUT2D eigenvalue weighted by molar-refractivity contribution is 0.0697. The van der Waals surface area contributed by atoms with Gasteiger partial charge in [0.05, 0.1) is 17.0 Å². The van der Waals surface area contributed by atoms with Crippen molar-refractivity contribution in [2.24, 2.45) is 5.92 Å². The maximum atomic E-state index is 13.4. The van der Waals surface area contributed by atoms with Gasteiger partial charge in [0.1, 0.15) is 0 Å². The van der Waals surface area contributed by atoms with Crippen molar-refractivity contribution in [3.63, 3.8) is 0 Å². The summed E-state index contributed by atoms with van der Waals surface area (Å²) in [6.45, 7) is 10.3. The van der Waals surface area contributed by atoms with E-state index in [4.69, 9.17) is 5.10 Å². The number of hydrogen-bond donors (Lipinski definition) is 0. The van der Waals surface area contributed by atoms with Crippen LogP contribution in [-0.2, 0) is 5.41 Å². The van der Waals surface area contributed by atoms with Crippen LogP contribution in [0.1, 0.15) is 56.6 Å². The Bertz CT molecular complexity index is 993. The highest BCUT2D eigenvalue weighted by molar-refractivity contribution is 6.00. The van der Waals surface area contributed by atoms with Crippen molar-refractivity contribution < 1.29 is 4.79 Å². The molecule has 1 aliphatic rings. The monoisotopic (exact) mass is 376 g/mol. The van der Waals surface area contributed by atoms with Crippen LogP contribution in [0.25, 0.3) is 16.9 Å². The van der Waals surface area contributed by atoms with Crippen molar-refractivity contribution in [2.45, 2.75) is 46.0 Å². The highest BCUT2D eigenvalue weighted by Crippen LogP contribution is 2.29. The third-order valence-corrected chi connectivity index (χ3v) is 5.60. The molecule has 0 aliphatic carbocycles. The van der Waals surface area contributed by atoms with Gasteiger partial charge in [0, 0.05) is 36.3 Å². The average molecular weight is 377 g/mol. The molecule has 2 aromatic heterocycles. The predicted octanol–water partition coefficient (Wildman–Crippen LogP) is 4.57. The maximum absolute atomic E-state index is 13.4. The van der Waals surface area contributed by atoms with Crippen LogP contribution in [-0.4, -0.2) is 38.5 Å². The van der Waals surface area contributed by atoms with Gasteiger partial charge in [-0.25, -0.2) is 9.50 Å². The molecule has 4 rings (SSSR count). The first kappa shape index (κ1) is 18.7. The minimum absolute atomic E-state index is 0.0490. The van der Waals surface area contributed by atoms with Gasteiger partial charge in [-0.1, -0.05) is 58.0 Å². The number of rotatable bonds is 2. The number of aromatic nitrogens is 3. The zero-order chi connectivity index (χ0) is 19.9. The van der Waals surface area contributed by atoms with Crippen molar-refractivity contribution in [3.8, 4) is 11.3 Å². The fraction of sp³-hybridized carbons (Fsp3) is 0.435. The summed E-state index contributed by atoms with van der Waals surface area (Å²) >= 11 is 0. The van der Waals surface area contributed by atoms with E-state index in [0.29, 0.717) is 11.5 Å². The van der Waals surface area contributed by atoms with Crippen LogP contribution >= 0.6 is 0 Å². The number of likely N-dealkylation sites (tertiary alicyclic amines) is 1. The molecule has 1 amide bonds. The smallest absolute Gasteiger partial charge is 0.257 e. The molecule has 1 saturated heterocycles. The number of amides is 1. The van der Waals surface area contributed by atoms with E-state index in [9.17, 15) is 4.79 Å². The minimum Gasteiger partial charge on any atom is -0.339 e. The number of carbonyl (C=O) groups excluding carboxylic acids is 1. The van der Waals surface area contributed by atoms with Crippen molar-refractivity contribution in [3.05, 3.63) is 53.9 Å². The van der Waals surface area contributed by atoms with Crippen LogP contribution in [0.2, 0.25) is 0 Å². The molecule has 3 aromatic rings. The number of carbonyl (C=O) groups is 1. The van der Waals surface area contributed by atoms with Gasteiger partial charge >= 0.3 is 0 Å². The van der Waals surface area contributed by atoms with Crippen molar-refractivity contribution in [1.29, 1.82) is 0 Å². The Morgan fingerprint density at radius 3 is 2.43 bits per heavy atom. The normalized spacial score (nSPS) is 15.9. The van der Waals surface area contributed by atoms with E-state index in [0.717, 1.165) is 48.5 Å². The Kier molecular flexibility index (Phi) is 4.69. The first-order valence-corrected chi connectivity index (χ1v) is 10.1. The first-order valence-electron chi connectivity index (χ1n) is 10.1. The van der Waals surface area contributed by atoms with Crippen LogP contribution in [0.3, 0.4) is 0 Å². The zero-order valence-electron chi connectivity index (χ0n) is 17.1. The van der Waals surface area contributed by atoms with Gasteiger partial charge in [-0.2, -0.15) is 5.10 Å². The Balaban J connectivity index is 1.87. The fourth-order valence-corrected chi connectivity index (χ4v) is 3.71. The molecule has 1 aliphatic heterocycles. The summed E-state index contributed by atoms with van der Waals surface area (Å²) in [7, 11) is 0. The second kappa shape index (κ2) is 7.04. The fourth-order valence-electron chi connectivity index (χ4n) is 3.71. The van der Waals surface area contributed by atoms with Gasteiger partial charge in [-0.05, 0) is 18.8 Å². The standard InChI is InChI=1S/C23H28N4O/c1-16-10-12-26(13-11-16)22(28)18-15-24-20-14-19(23(2,3)4)25-27(20)21(18)17-8-6-5-7-9-17/h5-9,14-16H,10-13H2,1-4H3. The highest BCUT2D eigenvalue weighted by atomic mass is 16.2. The van der Waals surface area contributed by atoms with Gasteiger partial charge in [-0.15, -0.1) is 0 Å². The van der Waals surface area contributed by atoms with E-state index >= 15 is 0 Å². The number of hydrogen-bond acceptors (Lipinski definition) is 3. The Morgan fingerprint density at radius 1 is 1.11 bits per heavy atom. The molecule has 0 atom stereocenters. The molecule has 0 unspecified atom stereocenters. The second-order valence-corrected chi connectivity index (χ2v) is 8.91. The summed E-state index contributed by atoms with van der Waals surface area (Å²) in [5.41, 5.74) is 4.07. The number of nitrogens with zero attached hydrogens (tertiary/aromatic N) is 4. The Hall–Kier alpha value is -2.69. The quantitative estimate of drug-likeness (QED) is 0.658. The molecule has 5 nitrogen and oxygen atoms in total. The van der Waals surface area contributed by atoms with Crippen molar-refractivity contribution in [2.75, 3.05) is 13.1 Å².